The molecule has 4 atom stereocenters. The molecule has 0 aromatic carbocycles. The number of hydrogen-bond acceptors (Lipinski definition) is 2. The van der Waals surface area contributed by atoms with Gasteiger partial charge in [0, 0.05) is 0 Å². The molecular formula is C15H26O2. The normalized spacial score (nSPS) is 43.4. The van der Waals surface area contributed by atoms with Gasteiger partial charge in [0.1, 0.15) is 0 Å². The fourth-order valence-electron chi connectivity index (χ4n) is 3.79. The second-order valence-corrected chi connectivity index (χ2v) is 6.96. The van der Waals surface area contributed by atoms with Gasteiger partial charge in [0.15, 0.2) is 0 Å². The van der Waals surface area contributed by atoms with Crippen LogP contribution in [-0.2, 0) is 0 Å². The highest BCUT2D eigenvalue weighted by atomic mass is 16.3. The summed E-state index contributed by atoms with van der Waals surface area (Å²) < 4.78 is 0. The first kappa shape index (κ1) is 13.1. The molecule has 0 heterocycles. The Morgan fingerprint density at radius 2 is 1.88 bits per heavy atom. The molecule has 0 bridgehead atoms. The lowest BCUT2D eigenvalue weighted by Gasteiger charge is -2.51. The Balaban J connectivity index is 2.18. The van der Waals surface area contributed by atoms with E-state index in [1.165, 1.54) is 0 Å². The number of fused-ring (bicyclic) bond motifs is 1. The van der Waals surface area contributed by atoms with E-state index >= 15 is 0 Å². The maximum Gasteiger partial charge on any atom is 0.0750 e. The lowest BCUT2D eigenvalue weighted by Crippen LogP contribution is -2.46. The molecule has 2 rings (SSSR count). The van der Waals surface area contributed by atoms with E-state index in [0.717, 1.165) is 37.7 Å². The van der Waals surface area contributed by atoms with Gasteiger partial charge in [-0.05, 0) is 68.8 Å². The van der Waals surface area contributed by atoms with E-state index in [2.05, 4.69) is 13.5 Å². The van der Waals surface area contributed by atoms with Crippen LogP contribution in [0.1, 0.15) is 52.9 Å². The zero-order valence-corrected chi connectivity index (χ0v) is 11.4. The predicted octanol–water partition coefficient (Wildman–Crippen LogP) is 2.89. The first-order valence-corrected chi connectivity index (χ1v) is 6.83. The van der Waals surface area contributed by atoms with Gasteiger partial charge in [-0.2, -0.15) is 0 Å². The molecule has 0 amide bonds. The van der Waals surface area contributed by atoms with Crippen molar-refractivity contribution in [2.75, 3.05) is 0 Å². The molecule has 2 saturated carbocycles. The lowest BCUT2D eigenvalue weighted by molar-refractivity contribution is -0.0509. The van der Waals surface area contributed by atoms with Crippen molar-refractivity contribution >= 4 is 0 Å². The molecule has 0 aromatic rings. The van der Waals surface area contributed by atoms with E-state index in [0.29, 0.717) is 17.3 Å². The van der Waals surface area contributed by atoms with Crippen LogP contribution in [0, 0.1) is 17.3 Å². The van der Waals surface area contributed by atoms with Gasteiger partial charge in [0.2, 0.25) is 0 Å². The molecule has 0 aliphatic heterocycles. The lowest BCUT2D eigenvalue weighted by atomic mass is 9.55. The molecule has 0 aromatic heterocycles. The topological polar surface area (TPSA) is 40.5 Å². The molecule has 2 heteroatoms. The van der Waals surface area contributed by atoms with Crippen LogP contribution >= 0.6 is 0 Å². The zero-order valence-electron chi connectivity index (χ0n) is 11.4. The minimum atomic E-state index is -0.607. The summed E-state index contributed by atoms with van der Waals surface area (Å²) in [6.45, 7) is 10.2. The summed E-state index contributed by atoms with van der Waals surface area (Å²) in [5, 5.41) is 20.1. The van der Waals surface area contributed by atoms with Crippen molar-refractivity contribution in [3.63, 3.8) is 0 Å². The number of aliphatic hydroxyl groups excluding tert-OH is 1. The minimum Gasteiger partial charge on any atom is -0.390 e. The first-order chi connectivity index (χ1) is 7.74. The first-order valence-electron chi connectivity index (χ1n) is 6.83. The highest BCUT2D eigenvalue weighted by Crippen LogP contribution is 2.54. The van der Waals surface area contributed by atoms with Gasteiger partial charge in [-0.3, -0.25) is 0 Å². The molecule has 0 radical (unpaired) electrons. The van der Waals surface area contributed by atoms with E-state index in [9.17, 15) is 10.2 Å². The molecular weight excluding hydrogens is 212 g/mol. The van der Waals surface area contributed by atoms with Gasteiger partial charge in [0.05, 0.1) is 11.7 Å². The van der Waals surface area contributed by atoms with Crippen LogP contribution in [0.5, 0.6) is 0 Å². The maximum atomic E-state index is 10.2. The summed E-state index contributed by atoms with van der Waals surface area (Å²) in [5.41, 5.74) is 0.704. The Morgan fingerprint density at radius 1 is 1.29 bits per heavy atom. The molecule has 2 aliphatic rings. The van der Waals surface area contributed by atoms with E-state index in [4.69, 9.17) is 0 Å². The van der Waals surface area contributed by atoms with Crippen molar-refractivity contribution in [1.82, 2.24) is 0 Å². The number of hydrogen-bond donors (Lipinski definition) is 2. The second-order valence-electron chi connectivity index (χ2n) is 6.96. The largest absolute Gasteiger partial charge is 0.390 e. The number of rotatable bonds is 1. The van der Waals surface area contributed by atoms with Crippen LogP contribution < -0.4 is 0 Å². The molecule has 2 unspecified atom stereocenters. The molecule has 2 N–H and O–H groups in total. The highest BCUT2D eigenvalue weighted by molar-refractivity contribution is 5.17. The molecule has 0 spiro atoms. The fraction of sp³-hybridized carbons (Fsp3) is 0.867. The Bertz CT molecular complexity index is 315. The van der Waals surface area contributed by atoms with Gasteiger partial charge >= 0.3 is 0 Å². The number of aliphatic hydroxyl groups is 2. The fourth-order valence-corrected chi connectivity index (χ4v) is 3.79. The molecule has 2 fully saturated rings. The van der Waals surface area contributed by atoms with Crippen molar-refractivity contribution in [3.05, 3.63) is 12.2 Å². The zero-order chi connectivity index (χ0) is 12.8. The summed E-state index contributed by atoms with van der Waals surface area (Å²) in [5.74, 6) is 0.721. The van der Waals surface area contributed by atoms with Crippen molar-refractivity contribution in [2.24, 2.45) is 17.3 Å². The van der Waals surface area contributed by atoms with Gasteiger partial charge in [-0.25, -0.2) is 0 Å². The van der Waals surface area contributed by atoms with E-state index in [1.807, 2.05) is 13.8 Å². The third kappa shape index (κ3) is 2.30. The van der Waals surface area contributed by atoms with E-state index < -0.39 is 5.60 Å². The Kier molecular flexibility index (Phi) is 3.16. The van der Waals surface area contributed by atoms with Crippen molar-refractivity contribution in [3.8, 4) is 0 Å². The average Bonchev–Trinajstić information content (AvgIpc) is 2.22. The van der Waals surface area contributed by atoms with Crippen molar-refractivity contribution in [2.45, 2.75) is 64.6 Å². The Morgan fingerprint density at radius 3 is 2.47 bits per heavy atom. The third-order valence-corrected chi connectivity index (χ3v) is 5.29. The highest BCUT2D eigenvalue weighted by Gasteiger charge is 2.47. The van der Waals surface area contributed by atoms with Gasteiger partial charge in [-0.1, -0.05) is 13.5 Å². The molecule has 0 saturated heterocycles. The van der Waals surface area contributed by atoms with Crippen molar-refractivity contribution < 1.29 is 10.2 Å². The summed E-state index contributed by atoms with van der Waals surface area (Å²) in [4.78, 5) is 0. The summed E-state index contributed by atoms with van der Waals surface area (Å²) >= 11 is 0. The SMILES string of the molecule is C=C1C(O)CC[C@]2(C)CCC(C(C)(C)O)C[C@@H]12. The molecule has 98 valence electrons. The molecule has 17 heavy (non-hydrogen) atoms. The average molecular weight is 238 g/mol. The monoisotopic (exact) mass is 238 g/mol. The van der Waals surface area contributed by atoms with Crippen LogP contribution in [0.4, 0.5) is 0 Å². The molecule has 2 nitrogen and oxygen atoms in total. The summed E-state index contributed by atoms with van der Waals surface area (Å²) in [6, 6.07) is 0. The standard InChI is InChI=1S/C15H26O2/c1-10-12-9-11(14(2,3)17)5-7-15(12,4)8-6-13(10)16/h11-13,16-17H,1,5-9H2,2-4H3/t11?,12-,13?,15-/m0/s1. The van der Waals surface area contributed by atoms with Gasteiger partial charge in [0.25, 0.3) is 0 Å². The third-order valence-electron chi connectivity index (χ3n) is 5.29. The summed E-state index contributed by atoms with van der Waals surface area (Å²) in [6.07, 6.45) is 4.86. The van der Waals surface area contributed by atoms with Crippen molar-refractivity contribution in [1.29, 1.82) is 0 Å². The van der Waals surface area contributed by atoms with Crippen LogP contribution in [0.15, 0.2) is 12.2 Å². The van der Waals surface area contributed by atoms with Crippen LogP contribution in [0.2, 0.25) is 0 Å². The van der Waals surface area contributed by atoms with E-state index in [1.54, 1.807) is 0 Å². The Hall–Kier alpha value is -0.340. The molecule has 2 aliphatic carbocycles. The maximum absolute atomic E-state index is 10.2. The second kappa shape index (κ2) is 4.10. The van der Waals surface area contributed by atoms with Crippen LogP contribution in [-0.4, -0.2) is 21.9 Å². The van der Waals surface area contributed by atoms with Gasteiger partial charge < -0.3 is 10.2 Å². The Labute approximate surface area is 105 Å². The smallest absolute Gasteiger partial charge is 0.0750 e. The predicted molar refractivity (Wildman–Crippen MR) is 69.6 cm³/mol. The van der Waals surface area contributed by atoms with Crippen LogP contribution in [0.3, 0.4) is 0 Å². The summed E-state index contributed by atoms with van der Waals surface area (Å²) in [7, 11) is 0. The van der Waals surface area contributed by atoms with Gasteiger partial charge in [-0.15, -0.1) is 0 Å². The quantitative estimate of drug-likeness (QED) is 0.690. The van der Waals surface area contributed by atoms with Crippen LogP contribution in [0.25, 0.3) is 0 Å². The minimum absolute atomic E-state index is 0.304. The van der Waals surface area contributed by atoms with E-state index in [-0.39, 0.29) is 6.10 Å².